The molecule has 0 amide bonds. The molecule has 42 valence electrons. The lowest BCUT2D eigenvalue weighted by Gasteiger charge is -1.98. The molecule has 0 unspecified atom stereocenters. The normalized spacial score (nSPS) is 15.3. The van der Waals surface area contributed by atoms with E-state index in [4.69, 9.17) is 4.74 Å². The molecule has 0 aromatic rings. The minimum absolute atomic E-state index is 0.269. The lowest BCUT2D eigenvalue weighted by molar-refractivity contribution is 0.156. The Morgan fingerprint density at radius 2 is 2.14 bits per heavy atom. The van der Waals surface area contributed by atoms with Crippen LogP contribution in [0, 0.1) is 0 Å². The van der Waals surface area contributed by atoms with Gasteiger partial charge in [0.15, 0.2) is 0 Å². The molecule has 0 fully saturated rings. The number of methoxy groups -OCH3 is 1. The van der Waals surface area contributed by atoms with E-state index in [9.17, 15) is 0 Å². The van der Waals surface area contributed by atoms with Crippen molar-refractivity contribution in [3.05, 3.63) is 12.2 Å². The van der Waals surface area contributed by atoms with Crippen LogP contribution in [0.5, 0.6) is 0 Å². The first-order valence-electron chi connectivity index (χ1n) is 2.47. The lowest BCUT2D eigenvalue weighted by Crippen LogP contribution is -1.97. The third-order valence-electron chi connectivity index (χ3n) is 0.835. The maximum Gasteiger partial charge on any atom is 0.0723 e. The molecular formula is C6H12O. The monoisotopic (exact) mass is 100 g/mol. The van der Waals surface area contributed by atoms with Crippen molar-refractivity contribution in [2.45, 2.75) is 20.0 Å². The molecule has 0 spiro atoms. The molecular weight excluding hydrogens is 88.1 g/mol. The third-order valence-corrected chi connectivity index (χ3v) is 0.835. The first kappa shape index (κ1) is 6.70. The van der Waals surface area contributed by atoms with Gasteiger partial charge in [-0.3, -0.25) is 0 Å². The molecule has 1 heteroatoms. The van der Waals surface area contributed by atoms with Crippen LogP contribution in [0.2, 0.25) is 0 Å². The zero-order valence-corrected chi connectivity index (χ0v) is 5.14. The molecule has 0 aliphatic heterocycles. The predicted molar refractivity (Wildman–Crippen MR) is 31.3 cm³/mol. The largest absolute Gasteiger partial charge is 0.378 e. The van der Waals surface area contributed by atoms with Crippen molar-refractivity contribution < 1.29 is 4.74 Å². The van der Waals surface area contributed by atoms with Gasteiger partial charge in [-0.2, -0.15) is 0 Å². The molecule has 0 aromatic heterocycles. The maximum absolute atomic E-state index is 4.90. The number of hydrogen-bond donors (Lipinski definition) is 0. The molecule has 0 N–H and O–H groups in total. The molecule has 0 heterocycles. The minimum atomic E-state index is 0.269. The summed E-state index contributed by atoms with van der Waals surface area (Å²) in [5, 5.41) is 0. The van der Waals surface area contributed by atoms with Crippen molar-refractivity contribution >= 4 is 0 Å². The zero-order chi connectivity index (χ0) is 5.70. The Kier molecular flexibility index (Phi) is 3.71. The second kappa shape index (κ2) is 3.88. The zero-order valence-electron chi connectivity index (χ0n) is 5.14. The standard InChI is InChI=1S/C6H12O/c1-4-5-6(2)7-3/h4-6H,1-3H3/b5-4+/t6-/m1/s1. The van der Waals surface area contributed by atoms with E-state index in [1.54, 1.807) is 7.11 Å². The van der Waals surface area contributed by atoms with E-state index in [1.807, 2.05) is 26.0 Å². The van der Waals surface area contributed by atoms with Crippen LogP contribution in [-0.2, 0) is 4.74 Å². The van der Waals surface area contributed by atoms with E-state index in [0.717, 1.165) is 0 Å². The quantitative estimate of drug-likeness (QED) is 0.479. The van der Waals surface area contributed by atoms with Gasteiger partial charge in [0.05, 0.1) is 6.10 Å². The van der Waals surface area contributed by atoms with Gasteiger partial charge in [-0.1, -0.05) is 12.2 Å². The van der Waals surface area contributed by atoms with Crippen molar-refractivity contribution in [2.75, 3.05) is 7.11 Å². The summed E-state index contributed by atoms with van der Waals surface area (Å²) in [5.41, 5.74) is 0. The minimum Gasteiger partial charge on any atom is -0.378 e. The fourth-order valence-corrected chi connectivity index (χ4v) is 0.350. The summed E-state index contributed by atoms with van der Waals surface area (Å²) < 4.78 is 4.90. The fraction of sp³-hybridized carbons (Fsp3) is 0.667. The van der Waals surface area contributed by atoms with Crippen molar-refractivity contribution in [1.82, 2.24) is 0 Å². The maximum atomic E-state index is 4.90. The van der Waals surface area contributed by atoms with Crippen LogP contribution in [0.15, 0.2) is 12.2 Å². The van der Waals surface area contributed by atoms with Crippen molar-refractivity contribution in [1.29, 1.82) is 0 Å². The Balaban J connectivity index is 3.16. The van der Waals surface area contributed by atoms with Gasteiger partial charge in [0, 0.05) is 7.11 Å². The van der Waals surface area contributed by atoms with Gasteiger partial charge in [0.25, 0.3) is 0 Å². The summed E-state index contributed by atoms with van der Waals surface area (Å²) in [5.74, 6) is 0. The predicted octanol–water partition coefficient (Wildman–Crippen LogP) is 1.60. The molecule has 0 aliphatic carbocycles. The summed E-state index contributed by atoms with van der Waals surface area (Å²) in [6.07, 6.45) is 4.25. The molecule has 0 bridgehead atoms. The summed E-state index contributed by atoms with van der Waals surface area (Å²) >= 11 is 0. The molecule has 7 heavy (non-hydrogen) atoms. The Morgan fingerprint density at radius 1 is 1.57 bits per heavy atom. The van der Waals surface area contributed by atoms with E-state index in [0.29, 0.717) is 0 Å². The second-order valence-electron chi connectivity index (χ2n) is 1.47. The number of allylic oxidation sites excluding steroid dienone is 1. The summed E-state index contributed by atoms with van der Waals surface area (Å²) in [4.78, 5) is 0. The number of rotatable bonds is 2. The highest BCUT2D eigenvalue weighted by molar-refractivity contribution is 4.82. The lowest BCUT2D eigenvalue weighted by atomic mass is 10.4. The van der Waals surface area contributed by atoms with E-state index < -0.39 is 0 Å². The van der Waals surface area contributed by atoms with E-state index in [1.165, 1.54) is 0 Å². The van der Waals surface area contributed by atoms with Gasteiger partial charge >= 0.3 is 0 Å². The SMILES string of the molecule is C/C=C/[C@@H](C)OC. The third kappa shape index (κ3) is 3.53. The highest BCUT2D eigenvalue weighted by atomic mass is 16.5. The van der Waals surface area contributed by atoms with Crippen LogP contribution < -0.4 is 0 Å². The fourth-order valence-electron chi connectivity index (χ4n) is 0.350. The molecule has 0 aliphatic rings. The van der Waals surface area contributed by atoms with Gasteiger partial charge in [-0.05, 0) is 13.8 Å². The average molecular weight is 100 g/mol. The molecule has 1 nitrogen and oxygen atoms in total. The molecule has 0 aromatic carbocycles. The van der Waals surface area contributed by atoms with Crippen molar-refractivity contribution in [3.63, 3.8) is 0 Å². The Bertz CT molecular complexity index is 57.2. The van der Waals surface area contributed by atoms with Gasteiger partial charge in [-0.25, -0.2) is 0 Å². The Morgan fingerprint density at radius 3 is 2.29 bits per heavy atom. The average Bonchev–Trinajstić information content (AvgIpc) is 1.68. The molecule has 0 radical (unpaired) electrons. The molecule has 0 saturated carbocycles. The van der Waals surface area contributed by atoms with Crippen LogP contribution in [-0.4, -0.2) is 13.2 Å². The van der Waals surface area contributed by atoms with Gasteiger partial charge in [-0.15, -0.1) is 0 Å². The Hall–Kier alpha value is -0.300. The number of hydrogen-bond acceptors (Lipinski definition) is 1. The summed E-state index contributed by atoms with van der Waals surface area (Å²) in [6.45, 7) is 3.98. The van der Waals surface area contributed by atoms with Crippen LogP contribution in [0.25, 0.3) is 0 Å². The molecule has 0 saturated heterocycles. The highest BCUT2D eigenvalue weighted by Crippen LogP contribution is 1.86. The highest BCUT2D eigenvalue weighted by Gasteiger charge is 1.85. The first-order chi connectivity index (χ1) is 3.31. The second-order valence-corrected chi connectivity index (χ2v) is 1.47. The van der Waals surface area contributed by atoms with Crippen LogP contribution >= 0.6 is 0 Å². The first-order valence-corrected chi connectivity index (χ1v) is 2.47. The summed E-state index contributed by atoms with van der Waals surface area (Å²) in [6, 6.07) is 0. The smallest absolute Gasteiger partial charge is 0.0723 e. The van der Waals surface area contributed by atoms with Gasteiger partial charge < -0.3 is 4.74 Å². The van der Waals surface area contributed by atoms with E-state index in [2.05, 4.69) is 0 Å². The molecule has 0 rings (SSSR count). The van der Waals surface area contributed by atoms with Gasteiger partial charge in [0.2, 0.25) is 0 Å². The summed E-state index contributed by atoms with van der Waals surface area (Å²) in [7, 11) is 1.70. The van der Waals surface area contributed by atoms with E-state index in [-0.39, 0.29) is 6.10 Å². The molecule has 1 atom stereocenters. The van der Waals surface area contributed by atoms with Crippen molar-refractivity contribution in [2.24, 2.45) is 0 Å². The van der Waals surface area contributed by atoms with Crippen molar-refractivity contribution in [3.8, 4) is 0 Å². The number of ether oxygens (including phenoxy) is 1. The Labute approximate surface area is 45.0 Å². The van der Waals surface area contributed by atoms with Crippen LogP contribution in [0.4, 0.5) is 0 Å². The topological polar surface area (TPSA) is 9.23 Å². The van der Waals surface area contributed by atoms with Crippen LogP contribution in [0.1, 0.15) is 13.8 Å². The van der Waals surface area contributed by atoms with Crippen LogP contribution in [0.3, 0.4) is 0 Å². The van der Waals surface area contributed by atoms with Gasteiger partial charge in [0.1, 0.15) is 0 Å². The van der Waals surface area contributed by atoms with E-state index >= 15 is 0 Å².